The monoisotopic (exact) mass is 227 g/mol. The molecule has 2 atom stereocenters. The minimum Gasteiger partial charge on any atom is -0.394 e. The summed E-state index contributed by atoms with van der Waals surface area (Å²) >= 11 is 4.79. The predicted octanol–water partition coefficient (Wildman–Crippen LogP) is -0.293. The number of aliphatic hydroxyl groups excluding tert-OH is 3. The first-order valence-electron chi connectivity index (χ1n) is 4.43. The first kappa shape index (κ1) is 12.1. The van der Waals surface area contributed by atoms with E-state index in [1.54, 1.807) is 24.3 Å². The van der Waals surface area contributed by atoms with Crippen molar-refractivity contribution >= 4 is 17.2 Å². The lowest BCUT2D eigenvalue weighted by atomic mass is 10.0. The Morgan fingerprint density at radius 2 is 2.07 bits per heavy atom. The molecule has 82 valence electrons. The zero-order chi connectivity index (χ0) is 11.4. The Hall–Kier alpha value is -1.01. The highest BCUT2D eigenvalue weighted by Gasteiger charge is 2.17. The van der Waals surface area contributed by atoms with Gasteiger partial charge in [-0.1, -0.05) is 30.4 Å². The lowest BCUT2D eigenvalue weighted by Crippen LogP contribution is -2.22. The molecule has 2 unspecified atom stereocenters. The van der Waals surface area contributed by atoms with Gasteiger partial charge in [0.05, 0.1) is 6.61 Å². The van der Waals surface area contributed by atoms with E-state index >= 15 is 0 Å². The van der Waals surface area contributed by atoms with Gasteiger partial charge in [0.1, 0.15) is 17.2 Å². The summed E-state index contributed by atoms with van der Waals surface area (Å²) < 4.78 is 0. The summed E-state index contributed by atoms with van der Waals surface area (Å²) in [5, 5.41) is 27.5. The van der Waals surface area contributed by atoms with Crippen molar-refractivity contribution in [2.24, 2.45) is 5.73 Å². The number of hydrogen-bond acceptors (Lipinski definition) is 4. The van der Waals surface area contributed by atoms with Gasteiger partial charge < -0.3 is 21.1 Å². The molecule has 0 aliphatic carbocycles. The third-order valence-electron chi connectivity index (χ3n) is 2.06. The molecule has 1 aromatic carbocycles. The smallest absolute Gasteiger partial charge is 0.107 e. The maximum atomic E-state index is 9.60. The summed E-state index contributed by atoms with van der Waals surface area (Å²) in [6.07, 6.45) is -2.34. The van der Waals surface area contributed by atoms with E-state index in [9.17, 15) is 10.2 Å². The van der Waals surface area contributed by atoms with Crippen LogP contribution in [0.15, 0.2) is 24.3 Å². The zero-order valence-electron chi connectivity index (χ0n) is 8.00. The van der Waals surface area contributed by atoms with E-state index in [2.05, 4.69) is 0 Å². The van der Waals surface area contributed by atoms with E-state index in [0.717, 1.165) is 0 Å². The van der Waals surface area contributed by atoms with Crippen molar-refractivity contribution in [1.29, 1.82) is 0 Å². The molecule has 0 spiro atoms. The van der Waals surface area contributed by atoms with Gasteiger partial charge in [0.15, 0.2) is 0 Å². The molecule has 0 aromatic heterocycles. The van der Waals surface area contributed by atoms with E-state index in [0.29, 0.717) is 11.1 Å². The third-order valence-corrected chi connectivity index (χ3v) is 2.30. The number of aliphatic hydroxyl groups is 3. The Balaban J connectivity index is 2.94. The summed E-state index contributed by atoms with van der Waals surface area (Å²) in [5.74, 6) is 0. The van der Waals surface area contributed by atoms with Gasteiger partial charge in [-0.05, 0) is 11.6 Å². The second-order valence-electron chi connectivity index (χ2n) is 3.18. The first-order chi connectivity index (χ1) is 7.06. The number of rotatable bonds is 4. The second kappa shape index (κ2) is 5.18. The average Bonchev–Trinajstić information content (AvgIpc) is 2.27. The highest BCUT2D eigenvalue weighted by atomic mass is 32.1. The van der Waals surface area contributed by atoms with E-state index < -0.39 is 18.8 Å². The number of nitrogens with two attached hydrogens (primary N) is 1. The van der Waals surface area contributed by atoms with Crippen LogP contribution in [0.25, 0.3) is 0 Å². The maximum Gasteiger partial charge on any atom is 0.107 e. The van der Waals surface area contributed by atoms with Crippen LogP contribution < -0.4 is 5.73 Å². The summed E-state index contributed by atoms with van der Waals surface area (Å²) in [6.45, 7) is -0.502. The quantitative estimate of drug-likeness (QED) is 0.531. The van der Waals surface area contributed by atoms with Crippen LogP contribution in [0.4, 0.5) is 0 Å². The van der Waals surface area contributed by atoms with Crippen LogP contribution in [-0.2, 0) is 0 Å². The Labute approximate surface area is 93.0 Å². The Bertz CT molecular complexity index is 356. The van der Waals surface area contributed by atoms with Crippen LogP contribution >= 0.6 is 12.2 Å². The van der Waals surface area contributed by atoms with Gasteiger partial charge in [0.25, 0.3) is 0 Å². The average molecular weight is 227 g/mol. The molecule has 0 aliphatic rings. The molecule has 1 aromatic rings. The molecule has 5 heteroatoms. The minimum atomic E-state index is -1.20. The van der Waals surface area contributed by atoms with Crippen molar-refractivity contribution < 1.29 is 15.3 Å². The normalized spacial score (nSPS) is 14.6. The minimum absolute atomic E-state index is 0.225. The highest BCUT2D eigenvalue weighted by molar-refractivity contribution is 7.80. The molecule has 0 radical (unpaired) electrons. The standard InChI is InChI=1S/C10H13NO3S/c11-10(15)7-3-1-2-6(4-7)9(14)8(13)5-12/h1-4,8-9,12-14H,5H2,(H2,11,15). The molecule has 0 bridgehead atoms. The van der Waals surface area contributed by atoms with E-state index in [-0.39, 0.29) is 4.99 Å². The van der Waals surface area contributed by atoms with Crippen LogP contribution in [-0.4, -0.2) is 33.0 Å². The molecule has 0 heterocycles. The molecule has 0 fully saturated rings. The lowest BCUT2D eigenvalue weighted by Gasteiger charge is -2.16. The van der Waals surface area contributed by atoms with Crippen LogP contribution in [0.3, 0.4) is 0 Å². The van der Waals surface area contributed by atoms with Gasteiger partial charge in [-0.3, -0.25) is 0 Å². The molecule has 1 rings (SSSR count). The Morgan fingerprint density at radius 1 is 1.40 bits per heavy atom. The fourth-order valence-electron chi connectivity index (χ4n) is 1.20. The SMILES string of the molecule is NC(=S)c1cccc(C(O)C(O)CO)c1. The molecule has 5 N–H and O–H groups in total. The zero-order valence-corrected chi connectivity index (χ0v) is 8.81. The number of thiocarbonyl (C=S) groups is 1. The predicted molar refractivity (Wildman–Crippen MR) is 60.4 cm³/mol. The third kappa shape index (κ3) is 2.97. The molecule has 0 saturated carbocycles. The second-order valence-corrected chi connectivity index (χ2v) is 3.62. The molecule has 0 saturated heterocycles. The maximum absolute atomic E-state index is 9.60. The van der Waals surface area contributed by atoms with Gasteiger partial charge in [-0.2, -0.15) is 0 Å². The lowest BCUT2D eigenvalue weighted by molar-refractivity contribution is -0.0152. The van der Waals surface area contributed by atoms with Gasteiger partial charge in [-0.25, -0.2) is 0 Å². The summed E-state index contributed by atoms with van der Waals surface area (Å²) in [6, 6.07) is 6.61. The fourth-order valence-corrected chi connectivity index (χ4v) is 1.32. The van der Waals surface area contributed by atoms with Crippen LogP contribution in [0, 0.1) is 0 Å². The van der Waals surface area contributed by atoms with Crippen LogP contribution in [0.5, 0.6) is 0 Å². The summed E-state index contributed by atoms with van der Waals surface area (Å²) in [4.78, 5) is 0.225. The highest BCUT2D eigenvalue weighted by Crippen LogP contribution is 2.17. The van der Waals surface area contributed by atoms with Gasteiger partial charge in [0, 0.05) is 5.56 Å². The van der Waals surface area contributed by atoms with Gasteiger partial charge >= 0.3 is 0 Å². The summed E-state index contributed by atoms with van der Waals surface area (Å²) in [5.41, 5.74) is 6.52. The number of hydrogen-bond donors (Lipinski definition) is 4. The van der Waals surface area contributed by atoms with E-state index in [1.165, 1.54) is 0 Å². The van der Waals surface area contributed by atoms with Crippen LogP contribution in [0.2, 0.25) is 0 Å². The van der Waals surface area contributed by atoms with Crippen molar-refractivity contribution in [2.45, 2.75) is 12.2 Å². The van der Waals surface area contributed by atoms with E-state index in [4.69, 9.17) is 23.1 Å². The molecule has 4 nitrogen and oxygen atoms in total. The molecule has 15 heavy (non-hydrogen) atoms. The van der Waals surface area contributed by atoms with Crippen molar-refractivity contribution in [3.05, 3.63) is 35.4 Å². The molecule has 0 aliphatic heterocycles. The van der Waals surface area contributed by atoms with Gasteiger partial charge in [0.2, 0.25) is 0 Å². The van der Waals surface area contributed by atoms with E-state index in [1.807, 2.05) is 0 Å². The first-order valence-corrected chi connectivity index (χ1v) is 4.84. The van der Waals surface area contributed by atoms with Crippen molar-refractivity contribution in [3.8, 4) is 0 Å². The van der Waals surface area contributed by atoms with Crippen molar-refractivity contribution in [1.82, 2.24) is 0 Å². The largest absolute Gasteiger partial charge is 0.394 e. The molecular weight excluding hydrogens is 214 g/mol. The Morgan fingerprint density at radius 3 is 2.60 bits per heavy atom. The van der Waals surface area contributed by atoms with Crippen molar-refractivity contribution in [3.63, 3.8) is 0 Å². The topological polar surface area (TPSA) is 86.7 Å². The molecular formula is C10H13NO3S. The molecule has 0 amide bonds. The summed E-state index contributed by atoms with van der Waals surface area (Å²) in [7, 11) is 0. The number of benzene rings is 1. The van der Waals surface area contributed by atoms with Crippen molar-refractivity contribution in [2.75, 3.05) is 6.61 Å². The van der Waals surface area contributed by atoms with Gasteiger partial charge in [-0.15, -0.1) is 0 Å². The Kier molecular flexibility index (Phi) is 4.16. The fraction of sp³-hybridized carbons (Fsp3) is 0.300. The van der Waals surface area contributed by atoms with Crippen LogP contribution in [0.1, 0.15) is 17.2 Å².